The van der Waals surface area contributed by atoms with Crippen molar-refractivity contribution < 1.29 is 37.8 Å². The lowest BCUT2D eigenvalue weighted by molar-refractivity contribution is -0.145. The number of benzene rings is 1. The van der Waals surface area contributed by atoms with Crippen LogP contribution in [-0.4, -0.2) is 60.4 Å². The van der Waals surface area contributed by atoms with Crippen molar-refractivity contribution in [2.75, 3.05) is 24.6 Å². The Hall–Kier alpha value is -4.22. The van der Waals surface area contributed by atoms with Gasteiger partial charge >= 0.3 is 18.2 Å². The highest BCUT2D eigenvalue weighted by Crippen LogP contribution is 2.37. The Morgan fingerprint density at radius 3 is 2.59 bits per heavy atom. The summed E-state index contributed by atoms with van der Waals surface area (Å²) in [5.74, 6) is -0.740. The molecular weight excluding hydrogens is 571 g/mol. The second kappa shape index (κ2) is 14.5. The van der Waals surface area contributed by atoms with E-state index in [0.29, 0.717) is 37.2 Å². The average molecular weight is 613 g/mol. The number of carbonyl (C=O) groups excluding carboxylic acids is 4. The topological polar surface area (TPSA) is 136 Å². The second-order valence-corrected chi connectivity index (χ2v) is 12.2. The molecule has 2 aliphatic rings. The first kappa shape index (κ1) is 32.7. The minimum atomic E-state index is -1.15. The number of rotatable bonds is 10. The Labute approximate surface area is 256 Å². The van der Waals surface area contributed by atoms with E-state index in [4.69, 9.17) is 19.2 Å². The number of fused-ring (bicyclic) bond motifs is 1. The van der Waals surface area contributed by atoms with Gasteiger partial charge in [0.15, 0.2) is 0 Å². The van der Waals surface area contributed by atoms with Gasteiger partial charge in [0, 0.05) is 24.7 Å². The van der Waals surface area contributed by atoms with Crippen LogP contribution in [0.2, 0.25) is 0 Å². The van der Waals surface area contributed by atoms with Crippen LogP contribution >= 0.6 is 0 Å². The Morgan fingerprint density at radius 2 is 1.89 bits per heavy atom. The summed E-state index contributed by atoms with van der Waals surface area (Å²) < 4.78 is 29.1. The minimum Gasteiger partial charge on any atom is -0.464 e. The summed E-state index contributed by atoms with van der Waals surface area (Å²) in [6.07, 6.45) is 2.35. The number of halogens is 1. The maximum Gasteiger partial charge on any atom is 0.416 e. The molecule has 1 aliphatic heterocycles. The monoisotopic (exact) mass is 612 g/mol. The minimum absolute atomic E-state index is 0.0971. The van der Waals surface area contributed by atoms with Crippen LogP contribution in [0, 0.1) is 17.7 Å². The predicted molar refractivity (Wildman–Crippen MR) is 159 cm³/mol. The third kappa shape index (κ3) is 9.14. The molecule has 2 N–H and O–H groups in total. The van der Waals surface area contributed by atoms with E-state index in [1.165, 1.54) is 18.2 Å². The zero-order valence-corrected chi connectivity index (χ0v) is 25.7. The molecule has 44 heavy (non-hydrogen) atoms. The van der Waals surface area contributed by atoms with Gasteiger partial charge in [0.1, 0.15) is 29.9 Å². The van der Waals surface area contributed by atoms with Crippen molar-refractivity contribution in [3.63, 3.8) is 0 Å². The average Bonchev–Trinajstić information content (AvgIpc) is 2.94. The van der Waals surface area contributed by atoms with E-state index in [2.05, 4.69) is 10.6 Å². The number of anilines is 1. The molecule has 1 aliphatic carbocycles. The first-order valence-corrected chi connectivity index (χ1v) is 15.0. The summed E-state index contributed by atoms with van der Waals surface area (Å²) in [6.45, 7) is 7.44. The smallest absolute Gasteiger partial charge is 0.416 e. The highest BCUT2D eigenvalue weighted by molar-refractivity contribution is 5.88. The fraction of sp³-hybridized carbons (Fsp3) is 0.531. The van der Waals surface area contributed by atoms with Crippen LogP contribution in [0.1, 0.15) is 63.8 Å². The molecule has 0 unspecified atom stereocenters. The molecule has 2 heterocycles. The van der Waals surface area contributed by atoms with Crippen LogP contribution < -0.4 is 15.5 Å². The highest BCUT2D eigenvalue weighted by atomic mass is 19.1. The van der Waals surface area contributed by atoms with E-state index in [1.807, 2.05) is 32.9 Å². The number of hydrogen-bond donors (Lipinski definition) is 2. The van der Waals surface area contributed by atoms with Crippen molar-refractivity contribution >= 4 is 29.9 Å². The molecule has 1 atom stereocenters. The van der Waals surface area contributed by atoms with E-state index in [-0.39, 0.29) is 37.5 Å². The molecule has 4 rings (SSSR count). The number of amides is 3. The lowest BCUT2D eigenvalue weighted by Crippen LogP contribution is -2.51. The molecule has 0 bridgehead atoms. The molecule has 0 radical (unpaired) electrons. The number of nitrogens with one attached hydrogen (secondary N) is 2. The van der Waals surface area contributed by atoms with E-state index < -0.39 is 35.6 Å². The molecular formula is C32H41FN4O7. The molecule has 238 valence electrons. The summed E-state index contributed by atoms with van der Waals surface area (Å²) in [5, 5.41) is 5.16. The summed E-state index contributed by atoms with van der Waals surface area (Å²) in [7, 11) is 0. The molecule has 1 aromatic carbocycles. The largest absolute Gasteiger partial charge is 0.464 e. The SMILES string of the molecule is CCOC(=O)[C@H](CNC(=O)[C@H]1C[C@H](Cc2ccc3c(n2)N(C(=O)OC(C)(C)C)CCC3)C1)NC(=O)OCc1cccc(F)c1. The van der Waals surface area contributed by atoms with Crippen LogP contribution in [0.25, 0.3) is 0 Å². The van der Waals surface area contributed by atoms with Gasteiger partial charge in [-0.25, -0.2) is 23.8 Å². The number of hydrogen-bond acceptors (Lipinski definition) is 8. The quantitative estimate of drug-likeness (QED) is 0.297. The Morgan fingerprint density at radius 1 is 1.11 bits per heavy atom. The third-order valence-electron chi connectivity index (χ3n) is 7.42. The van der Waals surface area contributed by atoms with Crippen molar-refractivity contribution in [1.29, 1.82) is 0 Å². The van der Waals surface area contributed by atoms with Crippen LogP contribution in [0.3, 0.4) is 0 Å². The number of pyridine rings is 1. The molecule has 2 aromatic rings. The summed E-state index contributed by atoms with van der Waals surface area (Å²) >= 11 is 0. The Kier molecular flexibility index (Phi) is 10.8. The zero-order chi connectivity index (χ0) is 31.9. The normalized spacial score (nSPS) is 18.2. The van der Waals surface area contributed by atoms with E-state index in [0.717, 1.165) is 24.1 Å². The van der Waals surface area contributed by atoms with Crippen LogP contribution in [-0.2, 0) is 43.2 Å². The highest BCUT2D eigenvalue weighted by Gasteiger charge is 2.36. The zero-order valence-electron chi connectivity index (χ0n) is 25.7. The van der Waals surface area contributed by atoms with Gasteiger partial charge in [-0.15, -0.1) is 0 Å². The number of carbonyl (C=O) groups is 4. The standard InChI is InChI=1S/C32H41FN4O7/c1-5-42-29(39)26(36-30(40)43-19-20-8-6-10-24(33)16-20)18-34-28(38)23-14-21(15-23)17-25-12-11-22-9-7-13-37(27(22)35-25)31(41)44-32(2,3)4/h6,8,10-12,16,21,23,26H,5,7,9,13-15,17-19H2,1-4H3,(H,34,38)(H,36,40)/t21-,23-,26-/m0/s1. The fourth-order valence-electron chi connectivity index (χ4n) is 5.24. The lowest BCUT2D eigenvalue weighted by atomic mass is 9.72. The first-order valence-electron chi connectivity index (χ1n) is 15.0. The van der Waals surface area contributed by atoms with E-state index >= 15 is 0 Å². The van der Waals surface area contributed by atoms with Gasteiger partial charge in [0.05, 0.1) is 6.61 Å². The molecule has 1 saturated carbocycles. The van der Waals surface area contributed by atoms with Crippen molar-refractivity contribution in [1.82, 2.24) is 15.6 Å². The number of aromatic nitrogens is 1. The van der Waals surface area contributed by atoms with Crippen molar-refractivity contribution in [3.05, 3.63) is 59.0 Å². The maximum absolute atomic E-state index is 13.4. The van der Waals surface area contributed by atoms with Crippen molar-refractivity contribution in [2.24, 2.45) is 11.8 Å². The number of aryl methyl sites for hydroxylation is 1. The van der Waals surface area contributed by atoms with Crippen LogP contribution in [0.4, 0.5) is 19.8 Å². The molecule has 0 spiro atoms. The van der Waals surface area contributed by atoms with Gasteiger partial charge in [0.2, 0.25) is 5.91 Å². The number of esters is 1. The van der Waals surface area contributed by atoms with Gasteiger partial charge in [-0.3, -0.25) is 9.69 Å². The Balaban J connectivity index is 1.26. The maximum atomic E-state index is 13.4. The van der Waals surface area contributed by atoms with Crippen molar-refractivity contribution in [2.45, 2.75) is 78.0 Å². The first-order chi connectivity index (χ1) is 20.9. The van der Waals surface area contributed by atoms with Gasteiger partial charge in [-0.2, -0.15) is 0 Å². The number of alkyl carbamates (subject to hydrolysis) is 1. The summed E-state index contributed by atoms with van der Waals surface area (Å²) in [5.41, 5.74) is 1.71. The number of ether oxygens (including phenoxy) is 3. The predicted octanol–water partition coefficient (Wildman–Crippen LogP) is 4.45. The van der Waals surface area contributed by atoms with Gasteiger partial charge in [-0.05, 0) is 95.0 Å². The van der Waals surface area contributed by atoms with E-state index in [9.17, 15) is 23.6 Å². The number of nitrogens with zero attached hydrogens (tertiary/aromatic N) is 2. The van der Waals surface area contributed by atoms with Crippen LogP contribution in [0.5, 0.6) is 0 Å². The van der Waals surface area contributed by atoms with Crippen molar-refractivity contribution in [3.8, 4) is 0 Å². The molecule has 12 heteroatoms. The van der Waals surface area contributed by atoms with Gasteiger partial charge in [0.25, 0.3) is 0 Å². The molecule has 0 saturated heterocycles. The lowest BCUT2D eigenvalue weighted by Gasteiger charge is -2.35. The molecule has 1 fully saturated rings. The third-order valence-corrected chi connectivity index (χ3v) is 7.42. The van der Waals surface area contributed by atoms with E-state index in [1.54, 1.807) is 17.9 Å². The molecule has 11 nitrogen and oxygen atoms in total. The Bertz CT molecular complexity index is 1360. The summed E-state index contributed by atoms with van der Waals surface area (Å²) in [6, 6.07) is 8.46. The second-order valence-electron chi connectivity index (χ2n) is 12.2. The fourth-order valence-corrected chi connectivity index (χ4v) is 5.24. The molecule has 1 aromatic heterocycles. The molecule has 3 amide bonds. The van der Waals surface area contributed by atoms with Gasteiger partial charge < -0.3 is 24.8 Å². The van der Waals surface area contributed by atoms with Gasteiger partial charge in [-0.1, -0.05) is 18.2 Å². The van der Waals surface area contributed by atoms with Crippen LogP contribution in [0.15, 0.2) is 36.4 Å². The summed E-state index contributed by atoms with van der Waals surface area (Å²) in [4.78, 5) is 56.8.